The van der Waals surface area contributed by atoms with Gasteiger partial charge in [-0.2, -0.15) is 0 Å². The molecule has 0 radical (unpaired) electrons. The lowest BCUT2D eigenvalue weighted by Gasteiger charge is -2.36. The van der Waals surface area contributed by atoms with Crippen LogP contribution in [0.5, 0.6) is 5.75 Å². The van der Waals surface area contributed by atoms with Crippen molar-refractivity contribution in [1.82, 2.24) is 20.0 Å². The SMILES string of the molecule is COc1ccc([C@@H](NC(=O)CN2CCN(CC(=O)N3CCOCC3)CC2)c2ccccc2)cc1. The number of morpholine rings is 1. The van der Waals surface area contributed by atoms with E-state index in [0.717, 1.165) is 43.1 Å². The number of rotatable bonds is 8. The van der Waals surface area contributed by atoms with Crippen molar-refractivity contribution in [3.05, 3.63) is 65.7 Å². The Balaban J connectivity index is 1.29. The van der Waals surface area contributed by atoms with Gasteiger partial charge in [-0.1, -0.05) is 42.5 Å². The van der Waals surface area contributed by atoms with Crippen molar-refractivity contribution in [1.29, 1.82) is 0 Å². The van der Waals surface area contributed by atoms with Crippen molar-refractivity contribution in [2.75, 3.05) is 72.7 Å². The van der Waals surface area contributed by atoms with Crippen LogP contribution in [0.4, 0.5) is 0 Å². The Morgan fingerprint density at radius 3 is 2.06 bits per heavy atom. The van der Waals surface area contributed by atoms with E-state index in [0.29, 0.717) is 39.4 Å². The fourth-order valence-electron chi connectivity index (χ4n) is 4.42. The first-order valence-corrected chi connectivity index (χ1v) is 11.9. The van der Waals surface area contributed by atoms with Gasteiger partial charge in [-0.05, 0) is 23.3 Å². The van der Waals surface area contributed by atoms with Crippen molar-refractivity contribution in [2.24, 2.45) is 0 Å². The van der Waals surface area contributed by atoms with E-state index >= 15 is 0 Å². The zero-order chi connectivity index (χ0) is 23.8. The van der Waals surface area contributed by atoms with E-state index in [1.807, 2.05) is 59.5 Å². The normalized spacial score (nSPS) is 18.3. The Morgan fingerprint density at radius 2 is 1.44 bits per heavy atom. The smallest absolute Gasteiger partial charge is 0.236 e. The molecule has 0 spiro atoms. The minimum absolute atomic E-state index is 0.0116. The van der Waals surface area contributed by atoms with E-state index in [1.54, 1.807) is 7.11 Å². The van der Waals surface area contributed by atoms with Crippen LogP contribution in [-0.2, 0) is 14.3 Å². The summed E-state index contributed by atoms with van der Waals surface area (Å²) in [6.45, 7) is 6.46. The van der Waals surface area contributed by atoms with Gasteiger partial charge in [0.25, 0.3) is 0 Å². The summed E-state index contributed by atoms with van der Waals surface area (Å²) in [6.07, 6.45) is 0. The summed E-state index contributed by atoms with van der Waals surface area (Å²) in [6, 6.07) is 17.6. The van der Waals surface area contributed by atoms with Gasteiger partial charge < -0.3 is 19.7 Å². The number of carbonyl (C=O) groups excluding carboxylic acids is 2. The Hall–Kier alpha value is -2.94. The van der Waals surface area contributed by atoms with Gasteiger partial charge >= 0.3 is 0 Å². The summed E-state index contributed by atoms with van der Waals surface area (Å²) >= 11 is 0. The maximum Gasteiger partial charge on any atom is 0.236 e. The molecule has 8 heteroatoms. The van der Waals surface area contributed by atoms with Crippen molar-refractivity contribution in [3.63, 3.8) is 0 Å². The van der Waals surface area contributed by atoms with E-state index in [9.17, 15) is 9.59 Å². The molecule has 2 aliphatic rings. The molecule has 0 unspecified atom stereocenters. The molecule has 2 heterocycles. The summed E-state index contributed by atoms with van der Waals surface area (Å²) < 4.78 is 10.6. The van der Waals surface area contributed by atoms with Crippen LogP contribution in [0, 0.1) is 0 Å². The minimum atomic E-state index is -0.230. The summed E-state index contributed by atoms with van der Waals surface area (Å²) in [5, 5.41) is 3.21. The number of methoxy groups -OCH3 is 1. The highest BCUT2D eigenvalue weighted by Crippen LogP contribution is 2.24. The number of nitrogens with zero attached hydrogens (tertiary/aromatic N) is 3. The van der Waals surface area contributed by atoms with Gasteiger partial charge in [0.15, 0.2) is 0 Å². The maximum absolute atomic E-state index is 13.0. The molecular weight excluding hydrogens is 432 g/mol. The Morgan fingerprint density at radius 1 is 0.853 bits per heavy atom. The first-order chi connectivity index (χ1) is 16.6. The zero-order valence-corrected chi connectivity index (χ0v) is 19.8. The highest BCUT2D eigenvalue weighted by Gasteiger charge is 2.25. The average molecular weight is 467 g/mol. The van der Waals surface area contributed by atoms with E-state index in [2.05, 4.69) is 15.1 Å². The first kappa shape index (κ1) is 24.2. The second kappa shape index (κ2) is 12.0. The lowest BCUT2D eigenvalue weighted by Crippen LogP contribution is -2.53. The lowest BCUT2D eigenvalue weighted by molar-refractivity contribution is -0.137. The molecule has 0 aromatic heterocycles. The van der Waals surface area contributed by atoms with Gasteiger partial charge in [-0.25, -0.2) is 0 Å². The van der Waals surface area contributed by atoms with E-state index in [-0.39, 0.29) is 17.9 Å². The minimum Gasteiger partial charge on any atom is -0.497 e. The van der Waals surface area contributed by atoms with E-state index < -0.39 is 0 Å². The van der Waals surface area contributed by atoms with Crippen LogP contribution in [0.2, 0.25) is 0 Å². The number of amides is 2. The van der Waals surface area contributed by atoms with Crippen LogP contribution < -0.4 is 10.1 Å². The topological polar surface area (TPSA) is 74.4 Å². The second-order valence-electron chi connectivity index (χ2n) is 8.73. The average Bonchev–Trinajstić information content (AvgIpc) is 2.89. The molecule has 1 N–H and O–H groups in total. The molecule has 0 aliphatic carbocycles. The molecule has 2 aromatic rings. The molecule has 1 atom stereocenters. The second-order valence-corrected chi connectivity index (χ2v) is 8.73. The highest BCUT2D eigenvalue weighted by atomic mass is 16.5. The van der Waals surface area contributed by atoms with E-state index in [4.69, 9.17) is 9.47 Å². The van der Waals surface area contributed by atoms with Gasteiger partial charge in [0.2, 0.25) is 11.8 Å². The van der Waals surface area contributed by atoms with Crippen LogP contribution in [0.15, 0.2) is 54.6 Å². The standard InChI is InChI=1S/C26H34N4O4/c1-33-23-9-7-22(8-10-23)26(21-5-3-2-4-6-21)27-24(31)19-28-11-13-29(14-12-28)20-25(32)30-15-17-34-18-16-30/h2-10,26H,11-20H2,1H3,(H,27,31)/t26-/m0/s1. The van der Waals surface area contributed by atoms with Crippen molar-refractivity contribution >= 4 is 11.8 Å². The van der Waals surface area contributed by atoms with Crippen molar-refractivity contribution < 1.29 is 19.1 Å². The fraction of sp³-hybridized carbons (Fsp3) is 0.462. The monoisotopic (exact) mass is 466 g/mol. The van der Waals surface area contributed by atoms with Gasteiger partial charge in [0.05, 0.1) is 39.5 Å². The maximum atomic E-state index is 13.0. The largest absolute Gasteiger partial charge is 0.497 e. The predicted octanol–water partition coefficient (Wildman–Crippen LogP) is 1.38. The third kappa shape index (κ3) is 6.56. The summed E-state index contributed by atoms with van der Waals surface area (Å²) in [4.78, 5) is 31.7. The van der Waals surface area contributed by atoms with Crippen LogP contribution in [0.25, 0.3) is 0 Å². The molecule has 0 bridgehead atoms. The lowest BCUT2D eigenvalue weighted by atomic mass is 9.98. The molecule has 34 heavy (non-hydrogen) atoms. The van der Waals surface area contributed by atoms with Crippen LogP contribution in [0.3, 0.4) is 0 Å². The highest BCUT2D eigenvalue weighted by molar-refractivity contribution is 5.79. The van der Waals surface area contributed by atoms with Crippen molar-refractivity contribution in [3.8, 4) is 5.75 Å². The molecule has 2 aromatic carbocycles. The van der Waals surface area contributed by atoms with Crippen LogP contribution in [0.1, 0.15) is 17.2 Å². The summed E-state index contributed by atoms with van der Waals surface area (Å²) in [5.41, 5.74) is 2.04. The Kier molecular flexibility index (Phi) is 8.51. The third-order valence-electron chi connectivity index (χ3n) is 6.44. The molecular formula is C26H34N4O4. The van der Waals surface area contributed by atoms with Crippen molar-refractivity contribution in [2.45, 2.75) is 6.04 Å². The van der Waals surface area contributed by atoms with Crippen LogP contribution >= 0.6 is 0 Å². The molecule has 2 amide bonds. The quantitative estimate of drug-likeness (QED) is 0.634. The van der Waals surface area contributed by atoms with E-state index in [1.165, 1.54) is 0 Å². The first-order valence-electron chi connectivity index (χ1n) is 11.9. The number of piperazine rings is 1. The number of ether oxygens (including phenoxy) is 2. The molecule has 2 aliphatic heterocycles. The molecule has 0 saturated carbocycles. The number of nitrogens with one attached hydrogen (secondary N) is 1. The molecule has 4 rings (SSSR count). The third-order valence-corrected chi connectivity index (χ3v) is 6.44. The number of benzene rings is 2. The van der Waals surface area contributed by atoms with Gasteiger partial charge in [0, 0.05) is 39.3 Å². The number of hydrogen-bond acceptors (Lipinski definition) is 6. The van der Waals surface area contributed by atoms with Gasteiger partial charge in [0.1, 0.15) is 5.75 Å². The van der Waals surface area contributed by atoms with Gasteiger partial charge in [-0.15, -0.1) is 0 Å². The Bertz CT molecular complexity index is 924. The summed E-state index contributed by atoms with van der Waals surface area (Å²) in [5.74, 6) is 0.939. The Labute approximate surface area is 201 Å². The molecule has 2 fully saturated rings. The molecule has 2 saturated heterocycles. The van der Waals surface area contributed by atoms with Gasteiger partial charge in [-0.3, -0.25) is 19.4 Å². The molecule has 8 nitrogen and oxygen atoms in total. The summed E-state index contributed by atoms with van der Waals surface area (Å²) in [7, 11) is 1.64. The number of hydrogen-bond donors (Lipinski definition) is 1. The fourth-order valence-corrected chi connectivity index (χ4v) is 4.42. The zero-order valence-electron chi connectivity index (χ0n) is 19.8. The number of carbonyl (C=O) groups is 2. The predicted molar refractivity (Wildman–Crippen MR) is 130 cm³/mol. The molecule has 182 valence electrons. The van der Waals surface area contributed by atoms with Crippen LogP contribution in [-0.4, -0.2) is 99.2 Å².